The van der Waals surface area contributed by atoms with Crippen molar-refractivity contribution < 1.29 is 0 Å². The van der Waals surface area contributed by atoms with Gasteiger partial charge in [-0.2, -0.15) is 0 Å². The molecule has 2 nitrogen and oxygen atoms in total. The summed E-state index contributed by atoms with van der Waals surface area (Å²) in [4.78, 5) is 0. The lowest BCUT2D eigenvalue weighted by Crippen LogP contribution is -2.41. The van der Waals surface area contributed by atoms with Gasteiger partial charge in [0.15, 0.2) is 0 Å². The maximum atomic E-state index is 4.01. The van der Waals surface area contributed by atoms with Crippen LogP contribution < -0.4 is 10.6 Å². The Morgan fingerprint density at radius 1 is 0.609 bits per heavy atom. The minimum atomic E-state index is 0.294. The topological polar surface area (TPSA) is 24.1 Å². The summed E-state index contributed by atoms with van der Waals surface area (Å²) in [5.41, 5.74) is 20.5. The van der Waals surface area contributed by atoms with E-state index in [4.69, 9.17) is 0 Å². The molecule has 0 spiro atoms. The molecule has 11 rings (SSSR count). The lowest BCUT2D eigenvalue weighted by atomic mass is 9.67. The fourth-order valence-electron chi connectivity index (χ4n) is 10.4. The maximum Gasteiger partial charge on any atom is 0.0722 e. The highest BCUT2D eigenvalue weighted by Crippen LogP contribution is 2.73. The summed E-state index contributed by atoms with van der Waals surface area (Å²) >= 11 is 0. The molecule has 6 aliphatic rings. The molecule has 1 heterocycles. The molecule has 222 valence electrons. The zero-order valence-corrected chi connectivity index (χ0v) is 26.0. The molecule has 0 bridgehead atoms. The molecule has 7 atom stereocenters. The molecule has 7 unspecified atom stereocenters. The lowest BCUT2D eigenvalue weighted by Gasteiger charge is -2.41. The molecule has 0 saturated heterocycles. The molecule has 5 aliphatic carbocycles. The Balaban J connectivity index is 1.09. The summed E-state index contributed by atoms with van der Waals surface area (Å²) in [6.45, 7) is 2.47. The highest BCUT2D eigenvalue weighted by atomic mass is 15.1. The van der Waals surface area contributed by atoms with Crippen molar-refractivity contribution in [2.75, 3.05) is 10.6 Å². The van der Waals surface area contributed by atoms with Crippen molar-refractivity contribution in [3.05, 3.63) is 166 Å². The summed E-state index contributed by atoms with van der Waals surface area (Å²) < 4.78 is 0. The molecule has 0 radical (unpaired) electrons. The first kappa shape index (κ1) is 25.4. The summed E-state index contributed by atoms with van der Waals surface area (Å²) in [5.74, 6) is 2.68. The second kappa shape index (κ2) is 9.13. The van der Waals surface area contributed by atoms with Crippen LogP contribution in [0.1, 0.15) is 76.1 Å². The van der Waals surface area contributed by atoms with Crippen LogP contribution in [0, 0.1) is 11.8 Å². The molecule has 0 aromatic heterocycles. The average Bonchev–Trinajstić information content (AvgIpc) is 3.87. The van der Waals surface area contributed by atoms with E-state index in [1.54, 1.807) is 16.7 Å². The van der Waals surface area contributed by atoms with Gasteiger partial charge in [0.05, 0.1) is 23.5 Å². The van der Waals surface area contributed by atoms with Gasteiger partial charge in [-0.1, -0.05) is 122 Å². The number of anilines is 2. The van der Waals surface area contributed by atoms with Gasteiger partial charge >= 0.3 is 0 Å². The summed E-state index contributed by atoms with van der Waals surface area (Å²) in [5, 5.41) is 7.99. The number of benzene rings is 5. The van der Waals surface area contributed by atoms with Gasteiger partial charge in [-0.05, 0) is 110 Å². The quantitative estimate of drug-likeness (QED) is 0.213. The summed E-state index contributed by atoms with van der Waals surface area (Å²) in [6.07, 6.45) is 4.80. The Bertz CT molecular complexity index is 2170. The monoisotopic (exact) mass is 592 g/mol. The van der Waals surface area contributed by atoms with Crippen molar-refractivity contribution in [3.8, 4) is 11.1 Å². The number of fused-ring (bicyclic) bond motifs is 10. The third-order valence-electron chi connectivity index (χ3n) is 12.3. The van der Waals surface area contributed by atoms with Crippen LogP contribution in [-0.4, -0.2) is 6.04 Å². The van der Waals surface area contributed by atoms with E-state index >= 15 is 0 Å². The molecule has 46 heavy (non-hydrogen) atoms. The van der Waals surface area contributed by atoms with Gasteiger partial charge in [0.25, 0.3) is 0 Å². The van der Waals surface area contributed by atoms with Crippen LogP contribution in [-0.2, 0) is 6.42 Å². The average molecular weight is 593 g/mol. The van der Waals surface area contributed by atoms with E-state index < -0.39 is 0 Å². The van der Waals surface area contributed by atoms with Crippen molar-refractivity contribution in [2.45, 2.75) is 49.6 Å². The van der Waals surface area contributed by atoms with E-state index in [0.29, 0.717) is 41.7 Å². The summed E-state index contributed by atoms with van der Waals surface area (Å²) in [6, 6.07) is 44.2. The van der Waals surface area contributed by atoms with Crippen LogP contribution in [0.2, 0.25) is 0 Å². The first-order chi connectivity index (χ1) is 22.7. The fraction of sp³-hybridized carbons (Fsp3) is 0.227. The van der Waals surface area contributed by atoms with Gasteiger partial charge in [0, 0.05) is 5.92 Å². The van der Waals surface area contributed by atoms with Crippen LogP contribution >= 0.6 is 0 Å². The molecular weight excluding hydrogens is 556 g/mol. The van der Waals surface area contributed by atoms with Crippen LogP contribution in [0.25, 0.3) is 22.3 Å². The Kier molecular flexibility index (Phi) is 5.04. The van der Waals surface area contributed by atoms with Gasteiger partial charge in [-0.25, -0.2) is 0 Å². The number of para-hydroxylation sites is 2. The summed E-state index contributed by atoms with van der Waals surface area (Å²) in [7, 11) is 0. The van der Waals surface area contributed by atoms with E-state index in [1.807, 2.05) is 0 Å². The van der Waals surface area contributed by atoms with Crippen molar-refractivity contribution in [3.63, 3.8) is 0 Å². The van der Waals surface area contributed by atoms with E-state index in [2.05, 4.69) is 139 Å². The van der Waals surface area contributed by atoms with Crippen molar-refractivity contribution in [1.29, 1.82) is 0 Å². The van der Waals surface area contributed by atoms with Gasteiger partial charge in [0.2, 0.25) is 0 Å². The van der Waals surface area contributed by atoms with Crippen molar-refractivity contribution in [2.24, 2.45) is 11.8 Å². The van der Waals surface area contributed by atoms with E-state index in [9.17, 15) is 0 Å². The van der Waals surface area contributed by atoms with E-state index in [1.165, 1.54) is 61.5 Å². The molecular formula is C44H36N2. The third-order valence-corrected chi connectivity index (χ3v) is 12.3. The molecule has 1 fully saturated rings. The van der Waals surface area contributed by atoms with Crippen molar-refractivity contribution >= 4 is 22.5 Å². The normalized spacial score (nSPS) is 28.5. The highest BCUT2D eigenvalue weighted by Gasteiger charge is 2.64. The molecule has 2 N–H and O–H groups in total. The maximum absolute atomic E-state index is 4.01. The number of nitrogens with one attached hydrogen (secondary N) is 2. The fourth-order valence-corrected chi connectivity index (χ4v) is 10.4. The molecule has 1 aliphatic heterocycles. The Hall–Kier alpha value is -4.82. The largest absolute Gasteiger partial charge is 0.378 e. The molecule has 5 aromatic rings. The molecule has 0 amide bonds. The van der Waals surface area contributed by atoms with Crippen LogP contribution in [0.5, 0.6) is 0 Å². The molecule has 1 saturated carbocycles. The Morgan fingerprint density at radius 3 is 2.20 bits per heavy atom. The standard InChI is InChI=1S/C44H36N2/c1-24-21-34-33(25-11-3-2-4-12-25)22-26-13-5-6-14-27(26)35(34)23-32(24)28-15-9-17-30-38(28)29-16-10-18-31-39(29)41-40(30)42(41)44-43(31)45-36-19-7-8-20-37(36)46-44/h2-20,23-24,33,40-46H,21-22H2,1H3. The second-order valence-corrected chi connectivity index (χ2v) is 14.5. The van der Waals surface area contributed by atoms with E-state index in [-0.39, 0.29) is 0 Å². The van der Waals surface area contributed by atoms with E-state index in [0.717, 1.165) is 12.8 Å². The Labute approximate surface area is 270 Å². The second-order valence-electron chi connectivity index (χ2n) is 14.5. The van der Waals surface area contributed by atoms with Gasteiger partial charge in [-0.15, -0.1) is 0 Å². The molecule has 5 aromatic carbocycles. The van der Waals surface area contributed by atoms with Gasteiger partial charge in [0.1, 0.15) is 0 Å². The lowest BCUT2D eigenvalue weighted by molar-refractivity contribution is 0.506. The Morgan fingerprint density at radius 2 is 1.33 bits per heavy atom. The number of hydrogen-bond acceptors (Lipinski definition) is 2. The predicted octanol–water partition coefficient (Wildman–Crippen LogP) is 10.3. The first-order valence-corrected chi connectivity index (χ1v) is 17.2. The smallest absolute Gasteiger partial charge is 0.0722 e. The highest BCUT2D eigenvalue weighted by molar-refractivity contribution is 5.97. The zero-order valence-electron chi connectivity index (χ0n) is 26.0. The minimum absolute atomic E-state index is 0.294. The first-order valence-electron chi connectivity index (χ1n) is 17.2. The van der Waals surface area contributed by atoms with Crippen molar-refractivity contribution in [1.82, 2.24) is 0 Å². The van der Waals surface area contributed by atoms with Crippen LogP contribution in [0.4, 0.5) is 11.4 Å². The van der Waals surface area contributed by atoms with Crippen LogP contribution in [0.15, 0.2) is 127 Å². The number of rotatable bonds is 2. The van der Waals surface area contributed by atoms with Gasteiger partial charge < -0.3 is 10.6 Å². The zero-order chi connectivity index (χ0) is 30.1. The van der Waals surface area contributed by atoms with Gasteiger partial charge in [-0.3, -0.25) is 0 Å². The minimum Gasteiger partial charge on any atom is -0.378 e. The third kappa shape index (κ3) is 3.32. The molecule has 2 heteroatoms. The predicted molar refractivity (Wildman–Crippen MR) is 189 cm³/mol. The SMILES string of the molecule is CC1CC2=C(C=C1c1cccc3c1-c1cccc4c1C1C3C1C1Nc3ccccc3NC41)c1ccccc1CC2c1ccccc1. The number of hydrogen-bond donors (Lipinski definition) is 2. The number of allylic oxidation sites excluding steroid dienone is 4. The van der Waals surface area contributed by atoms with Crippen LogP contribution in [0.3, 0.4) is 0 Å².